The van der Waals surface area contributed by atoms with Gasteiger partial charge in [0.1, 0.15) is 12.4 Å². The minimum atomic E-state index is 0.425. The average molecular weight is 337 g/mol. The highest BCUT2D eigenvalue weighted by atomic mass is 79.9. The highest BCUT2D eigenvalue weighted by molar-refractivity contribution is 9.10. The molecule has 0 unspecified atom stereocenters. The lowest BCUT2D eigenvalue weighted by molar-refractivity contribution is 0.304. The number of ether oxygens (including phenoxy) is 1. The smallest absolute Gasteiger partial charge is 0.134 e. The van der Waals surface area contributed by atoms with Crippen LogP contribution in [0.4, 0.5) is 0 Å². The van der Waals surface area contributed by atoms with E-state index in [2.05, 4.69) is 22.0 Å². The van der Waals surface area contributed by atoms with Gasteiger partial charge in [-0.1, -0.05) is 18.2 Å². The number of benzene rings is 2. The van der Waals surface area contributed by atoms with Gasteiger partial charge in [-0.05, 0) is 51.3 Å². The molecule has 2 aromatic carbocycles. The Balaban J connectivity index is 2.08. The summed E-state index contributed by atoms with van der Waals surface area (Å²) < 4.78 is 6.60. The van der Waals surface area contributed by atoms with Crippen molar-refractivity contribution in [3.05, 3.63) is 63.6 Å². The molecule has 0 spiro atoms. The van der Waals surface area contributed by atoms with Crippen molar-refractivity contribution in [1.29, 1.82) is 5.26 Å². The summed E-state index contributed by atoms with van der Waals surface area (Å²) in [6.07, 6.45) is 0. The first-order valence-electron chi connectivity index (χ1n) is 5.69. The molecule has 4 heteroatoms. The van der Waals surface area contributed by atoms with Crippen LogP contribution in [0.25, 0.3) is 0 Å². The average Bonchev–Trinajstić information content (AvgIpc) is 2.46. The van der Waals surface area contributed by atoms with E-state index in [1.54, 1.807) is 6.07 Å². The van der Waals surface area contributed by atoms with Crippen LogP contribution >= 0.6 is 27.5 Å². The van der Waals surface area contributed by atoms with E-state index in [0.29, 0.717) is 18.1 Å². The molecule has 2 aromatic rings. The summed E-state index contributed by atoms with van der Waals surface area (Å²) in [6, 6.07) is 15.2. The number of hydrogen-bond donors (Lipinski definition) is 0. The number of nitrogens with zero attached hydrogens (tertiary/aromatic N) is 1. The van der Waals surface area contributed by atoms with Gasteiger partial charge in [-0.25, -0.2) is 0 Å². The van der Waals surface area contributed by atoms with Gasteiger partial charge < -0.3 is 4.74 Å². The Hall–Kier alpha value is -1.50. The molecule has 0 heterocycles. The second-order valence-corrected chi connectivity index (χ2v) is 5.12. The highest BCUT2D eigenvalue weighted by Gasteiger charge is 2.03. The Morgan fingerprint density at radius 3 is 2.68 bits per heavy atom. The second-order valence-electron chi connectivity index (χ2n) is 4.00. The number of halogens is 2. The molecule has 0 aliphatic rings. The molecular formula is C15H11BrClNO. The fourth-order valence-corrected chi connectivity index (χ4v) is 2.34. The van der Waals surface area contributed by atoms with Crippen LogP contribution in [0.5, 0.6) is 5.75 Å². The highest BCUT2D eigenvalue weighted by Crippen LogP contribution is 2.27. The predicted octanol–water partition coefficient (Wildman–Crippen LogP) is 4.64. The van der Waals surface area contributed by atoms with E-state index in [9.17, 15) is 0 Å². The molecule has 0 saturated heterocycles. The number of nitriles is 1. The minimum Gasteiger partial charge on any atom is -0.488 e. The topological polar surface area (TPSA) is 33.0 Å². The van der Waals surface area contributed by atoms with Gasteiger partial charge in [0.15, 0.2) is 0 Å². The lowest BCUT2D eigenvalue weighted by Gasteiger charge is -2.09. The number of alkyl halides is 1. The zero-order chi connectivity index (χ0) is 13.7. The second kappa shape index (κ2) is 6.60. The predicted molar refractivity (Wildman–Crippen MR) is 79.2 cm³/mol. The molecule has 2 nitrogen and oxygen atoms in total. The molecule has 0 N–H and O–H groups in total. The Labute approximate surface area is 125 Å². The van der Waals surface area contributed by atoms with Crippen molar-refractivity contribution in [2.24, 2.45) is 0 Å². The largest absolute Gasteiger partial charge is 0.488 e. The molecule has 19 heavy (non-hydrogen) atoms. The van der Waals surface area contributed by atoms with Crippen molar-refractivity contribution in [2.45, 2.75) is 12.5 Å². The third-order valence-electron chi connectivity index (χ3n) is 2.60. The molecule has 2 rings (SSSR count). The van der Waals surface area contributed by atoms with Crippen molar-refractivity contribution < 1.29 is 4.74 Å². The van der Waals surface area contributed by atoms with E-state index in [-0.39, 0.29) is 0 Å². The molecule has 0 bridgehead atoms. The normalized spacial score (nSPS) is 9.95. The zero-order valence-electron chi connectivity index (χ0n) is 10.1. The lowest BCUT2D eigenvalue weighted by atomic mass is 10.1. The van der Waals surface area contributed by atoms with Crippen molar-refractivity contribution in [3.8, 4) is 11.8 Å². The summed E-state index contributed by atoms with van der Waals surface area (Å²) >= 11 is 9.22. The first-order chi connectivity index (χ1) is 9.22. The Bertz CT molecular complexity index is 622. The van der Waals surface area contributed by atoms with E-state index >= 15 is 0 Å². The van der Waals surface area contributed by atoms with Crippen LogP contribution in [0.15, 0.2) is 46.9 Å². The quantitative estimate of drug-likeness (QED) is 0.762. The number of hydrogen-bond acceptors (Lipinski definition) is 2. The van der Waals surface area contributed by atoms with Gasteiger partial charge >= 0.3 is 0 Å². The van der Waals surface area contributed by atoms with Crippen LogP contribution < -0.4 is 4.74 Å². The van der Waals surface area contributed by atoms with Gasteiger partial charge in [0.05, 0.1) is 16.1 Å². The van der Waals surface area contributed by atoms with Crippen LogP contribution in [-0.4, -0.2) is 0 Å². The van der Waals surface area contributed by atoms with E-state index in [1.807, 2.05) is 36.4 Å². The first kappa shape index (κ1) is 13.9. The maximum Gasteiger partial charge on any atom is 0.134 e. The van der Waals surface area contributed by atoms with Gasteiger partial charge in [0.25, 0.3) is 0 Å². The minimum absolute atomic E-state index is 0.425. The summed E-state index contributed by atoms with van der Waals surface area (Å²) in [5.41, 5.74) is 2.64. The third-order valence-corrected chi connectivity index (χ3v) is 3.53. The summed E-state index contributed by atoms with van der Waals surface area (Å²) in [4.78, 5) is 0. The van der Waals surface area contributed by atoms with Gasteiger partial charge in [-0.3, -0.25) is 0 Å². The van der Waals surface area contributed by atoms with Crippen LogP contribution in [0.3, 0.4) is 0 Å². The fourth-order valence-electron chi connectivity index (χ4n) is 1.64. The van der Waals surface area contributed by atoms with Crippen LogP contribution in [-0.2, 0) is 12.5 Å². The summed E-state index contributed by atoms with van der Waals surface area (Å²) in [6.45, 7) is 0.425. The SMILES string of the molecule is N#Cc1cccc(COc2ccc(CCl)cc2Br)c1. The van der Waals surface area contributed by atoms with Gasteiger partial charge in [0.2, 0.25) is 0 Å². The van der Waals surface area contributed by atoms with E-state index < -0.39 is 0 Å². The van der Waals surface area contributed by atoms with E-state index in [4.69, 9.17) is 21.6 Å². The molecule has 0 atom stereocenters. The molecule has 96 valence electrons. The summed E-state index contributed by atoms with van der Waals surface area (Å²) in [7, 11) is 0. The molecule has 0 radical (unpaired) electrons. The van der Waals surface area contributed by atoms with E-state index in [1.165, 1.54) is 0 Å². The van der Waals surface area contributed by atoms with Crippen molar-refractivity contribution in [1.82, 2.24) is 0 Å². The molecule has 0 saturated carbocycles. The molecule has 0 aliphatic heterocycles. The Morgan fingerprint density at radius 2 is 2.00 bits per heavy atom. The molecule has 0 fully saturated rings. The van der Waals surface area contributed by atoms with Crippen molar-refractivity contribution in [3.63, 3.8) is 0 Å². The van der Waals surface area contributed by atoms with E-state index in [0.717, 1.165) is 21.3 Å². The van der Waals surface area contributed by atoms with Crippen LogP contribution in [0, 0.1) is 11.3 Å². The molecule has 0 aromatic heterocycles. The maximum absolute atomic E-state index is 8.84. The number of rotatable bonds is 4. The zero-order valence-corrected chi connectivity index (χ0v) is 12.4. The molecule has 0 amide bonds. The van der Waals surface area contributed by atoms with Gasteiger partial charge in [-0.2, -0.15) is 5.26 Å². The Morgan fingerprint density at radius 1 is 1.16 bits per heavy atom. The standard InChI is InChI=1S/C15H11BrClNO/c16-14-7-11(8-17)4-5-15(14)19-10-13-3-1-2-12(6-13)9-18/h1-7H,8,10H2. The Kier molecular flexibility index (Phi) is 4.84. The van der Waals surface area contributed by atoms with Gasteiger partial charge in [0, 0.05) is 5.88 Å². The van der Waals surface area contributed by atoms with Crippen LogP contribution in [0.2, 0.25) is 0 Å². The maximum atomic E-state index is 8.84. The van der Waals surface area contributed by atoms with Gasteiger partial charge in [-0.15, -0.1) is 11.6 Å². The summed E-state index contributed by atoms with van der Waals surface area (Å²) in [5, 5.41) is 8.84. The van der Waals surface area contributed by atoms with Crippen molar-refractivity contribution >= 4 is 27.5 Å². The molecule has 0 aliphatic carbocycles. The van der Waals surface area contributed by atoms with Crippen molar-refractivity contribution in [2.75, 3.05) is 0 Å². The summed E-state index contributed by atoms with van der Waals surface area (Å²) in [5.74, 6) is 1.24. The monoisotopic (exact) mass is 335 g/mol. The lowest BCUT2D eigenvalue weighted by Crippen LogP contribution is -1.96. The van der Waals surface area contributed by atoms with Crippen LogP contribution in [0.1, 0.15) is 16.7 Å². The first-order valence-corrected chi connectivity index (χ1v) is 7.02. The molecular weight excluding hydrogens is 326 g/mol. The fraction of sp³-hybridized carbons (Fsp3) is 0.133. The third kappa shape index (κ3) is 3.73.